The number of benzene rings is 1. The van der Waals surface area contributed by atoms with Crippen LogP contribution in [0.2, 0.25) is 0 Å². The maximum Gasteiger partial charge on any atom is 0.0342 e. The first kappa shape index (κ1) is 8.85. The number of hydrogen-bond donors (Lipinski definition) is 1. The Labute approximate surface area is 74.1 Å². The molecule has 1 atom stereocenters. The maximum atomic E-state index is 3.70. The molecular weight excluding hydrogens is 146 g/mol. The fraction of sp³-hybridized carbons (Fsp3) is 0.273. The van der Waals surface area contributed by atoms with Gasteiger partial charge in [0.05, 0.1) is 0 Å². The molecule has 0 fully saturated rings. The lowest BCUT2D eigenvalue weighted by Crippen LogP contribution is -2.13. The zero-order valence-electron chi connectivity index (χ0n) is 7.46. The number of anilines is 1. The molecule has 64 valence electrons. The topological polar surface area (TPSA) is 12.0 Å². The zero-order chi connectivity index (χ0) is 8.81. The van der Waals surface area contributed by atoms with Crippen LogP contribution in [-0.4, -0.2) is 6.04 Å². The molecule has 0 aliphatic heterocycles. The van der Waals surface area contributed by atoms with E-state index < -0.39 is 0 Å². The highest BCUT2D eigenvalue weighted by Crippen LogP contribution is 2.08. The molecule has 0 unspecified atom stereocenters. The van der Waals surface area contributed by atoms with E-state index in [4.69, 9.17) is 0 Å². The second-order valence-electron chi connectivity index (χ2n) is 2.94. The van der Waals surface area contributed by atoms with Crippen molar-refractivity contribution in [1.29, 1.82) is 0 Å². The van der Waals surface area contributed by atoms with Crippen molar-refractivity contribution in [3.63, 3.8) is 0 Å². The second kappa shape index (κ2) is 4.60. The fourth-order valence-corrected chi connectivity index (χ4v) is 1.13. The van der Waals surface area contributed by atoms with Gasteiger partial charge in [-0.3, -0.25) is 0 Å². The molecule has 0 spiro atoms. The van der Waals surface area contributed by atoms with Gasteiger partial charge in [0.15, 0.2) is 0 Å². The highest BCUT2D eigenvalue weighted by molar-refractivity contribution is 5.43. The number of para-hydroxylation sites is 1. The molecule has 1 N–H and O–H groups in total. The molecule has 0 amide bonds. The minimum Gasteiger partial charge on any atom is -0.382 e. The Bertz CT molecular complexity index is 228. The summed E-state index contributed by atoms with van der Waals surface area (Å²) in [6, 6.07) is 10.7. The van der Waals surface area contributed by atoms with E-state index in [1.54, 1.807) is 0 Å². The molecule has 0 saturated carbocycles. The van der Waals surface area contributed by atoms with Gasteiger partial charge in [0.1, 0.15) is 0 Å². The van der Waals surface area contributed by atoms with Crippen molar-refractivity contribution in [1.82, 2.24) is 0 Å². The summed E-state index contributed by atoms with van der Waals surface area (Å²) in [6.45, 7) is 5.85. The van der Waals surface area contributed by atoms with E-state index in [1.807, 2.05) is 24.3 Å². The van der Waals surface area contributed by atoms with Crippen LogP contribution in [0.4, 0.5) is 5.69 Å². The predicted octanol–water partition coefficient (Wildman–Crippen LogP) is 3.06. The third-order valence-electron chi connectivity index (χ3n) is 1.71. The highest BCUT2D eigenvalue weighted by atomic mass is 14.9. The molecule has 0 aromatic heterocycles. The molecule has 12 heavy (non-hydrogen) atoms. The van der Waals surface area contributed by atoms with Gasteiger partial charge in [-0.2, -0.15) is 0 Å². The van der Waals surface area contributed by atoms with Crippen molar-refractivity contribution < 1.29 is 0 Å². The predicted molar refractivity (Wildman–Crippen MR) is 54.3 cm³/mol. The van der Waals surface area contributed by atoms with Crippen LogP contribution in [0, 0.1) is 0 Å². The molecule has 1 rings (SSSR count). The van der Waals surface area contributed by atoms with Gasteiger partial charge in [-0.05, 0) is 25.5 Å². The second-order valence-corrected chi connectivity index (χ2v) is 2.94. The molecule has 1 nitrogen and oxygen atoms in total. The van der Waals surface area contributed by atoms with Gasteiger partial charge in [-0.25, -0.2) is 0 Å². The molecule has 0 saturated heterocycles. The standard InChI is InChI=1S/C11H15N/c1-3-7-10(2)12-11-8-5-4-6-9-11/h3-6,8-10,12H,1,7H2,2H3/t10-/m0/s1. The van der Waals surface area contributed by atoms with E-state index in [2.05, 4.69) is 31.0 Å². The summed E-state index contributed by atoms with van der Waals surface area (Å²) in [4.78, 5) is 0. The quantitative estimate of drug-likeness (QED) is 0.669. The summed E-state index contributed by atoms with van der Waals surface area (Å²) in [5.74, 6) is 0. The van der Waals surface area contributed by atoms with E-state index in [1.165, 1.54) is 5.69 Å². The van der Waals surface area contributed by atoms with Crippen molar-refractivity contribution in [2.75, 3.05) is 5.32 Å². The van der Waals surface area contributed by atoms with Crippen LogP contribution in [-0.2, 0) is 0 Å². The Morgan fingerprint density at radius 3 is 2.67 bits per heavy atom. The van der Waals surface area contributed by atoms with Crippen molar-refractivity contribution in [3.05, 3.63) is 43.0 Å². The molecule has 1 aromatic rings. The largest absolute Gasteiger partial charge is 0.382 e. The summed E-state index contributed by atoms with van der Waals surface area (Å²) in [5, 5.41) is 3.37. The molecule has 0 aliphatic carbocycles. The van der Waals surface area contributed by atoms with Crippen LogP contribution in [0.15, 0.2) is 43.0 Å². The first-order valence-electron chi connectivity index (χ1n) is 4.25. The van der Waals surface area contributed by atoms with Crippen LogP contribution in [0.1, 0.15) is 13.3 Å². The van der Waals surface area contributed by atoms with E-state index in [-0.39, 0.29) is 0 Å². The summed E-state index contributed by atoms with van der Waals surface area (Å²) in [7, 11) is 0. The van der Waals surface area contributed by atoms with E-state index >= 15 is 0 Å². The summed E-state index contributed by atoms with van der Waals surface area (Å²) in [6.07, 6.45) is 2.93. The van der Waals surface area contributed by atoms with Crippen LogP contribution in [0.25, 0.3) is 0 Å². The Hall–Kier alpha value is -1.24. The van der Waals surface area contributed by atoms with Crippen molar-refractivity contribution in [2.45, 2.75) is 19.4 Å². The van der Waals surface area contributed by atoms with Gasteiger partial charge >= 0.3 is 0 Å². The van der Waals surface area contributed by atoms with E-state index in [0.29, 0.717) is 6.04 Å². The van der Waals surface area contributed by atoms with Gasteiger partial charge in [0.25, 0.3) is 0 Å². The van der Waals surface area contributed by atoms with Gasteiger partial charge in [0, 0.05) is 11.7 Å². The lowest BCUT2D eigenvalue weighted by Gasteiger charge is -2.12. The zero-order valence-corrected chi connectivity index (χ0v) is 7.46. The molecule has 0 bridgehead atoms. The van der Waals surface area contributed by atoms with Crippen molar-refractivity contribution >= 4 is 5.69 Å². The monoisotopic (exact) mass is 161 g/mol. The fourth-order valence-electron chi connectivity index (χ4n) is 1.13. The van der Waals surface area contributed by atoms with Gasteiger partial charge < -0.3 is 5.32 Å². The highest BCUT2D eigenvalue weighted by Gasteiger charge is 1.96. The molecule has 1 heteroatoms. The smallest absolute Gasteiger partial charge is 0.0342 e. The van der Waals surface area contributed by atoms with Crippen LogP contribution < -0.4 is 5.32 Å². The lowest BCUT2D eigenvalue weighted by molar-refractivity contribution is 0.814. The van der Waals surface area contributed by atoms with Crippen LogP contribution in [0.3, 0.4) is 0 Å². The summed E-state index contributed by atoms with van der Waals surface area (Å²) in [5.41, 5.74) is 1.17. The van der Waals surface area contributed by atoms with Gasteiger partial charge in [-0.15, -0.1) is 6.58 Å². The first-order valence-corrected chi connectivity index (χ1v) is 4.25. The third-order valence-corrected chi connectivity index (χ3v) is 1.71. The average Bonchev–Trinajstić information content (AvgIpc) is 2.06. The molecule has 0 radical (unpaired) electrons. The normalized spacial score (nSPS) is 12.1. The average molecular weight is 161 g/mol. The Morgan fingerprint density at radius 1 is 1.42 bits per heavy atom. The number of nitrogens with one attached hydrogen (secondary N) is 1. The minimum atomic E-state index is 0.463. The first-order chi connectivity index (χ1) is 5.83. The van der Waals surface area contributed by atoms with Crippen LogP contribution >= 0.6 is 0 Å². The minimum absolute atomic E-state index is 0.463. The third kappa shape index (κ3) is 2.79. The van der Waals surface area contributed by atoms with Crippen molar-refractivity contribution in [2.24, 2.45) is 0 Å². The molecule has 0 aliphatic rings. The summed E-state index contributed by atoms with van der Waals surface area (Å²) >= 11 is 0. The Morgan fingerprint density at radius 2 is 2.08 bits per heavy atom. The molecule has 0 heterocycles. The van der Waals surface area contributed by atoms with E-state index in [9.17, 15) is 0 Å². The Kier molecular flexibility index (Phi) is 3.39. The van der Waals surface area contributed by atoms with Gasteiger partial charge in [0.2, 0.25) is 0 Å². The Balaban J connectivity index is 2.46. The summed E-state index contributed by atoms with van der Waals surface area (Å²) < 4.78 is 0. The molecular formula is C11H15N. The number of rotatable bonds is 4. The van der Waals surface area contributed by atoms with Crippen molar-refractivity contribution in [3.8, 4) is 0 Å². The molecule has 1 aromatic carbocycles. The maximum absolute atomic E-state index is 3.70. The SMILES string of the molecule is C=CC[C@H](C)Nc1ccccc1. The van der Waals surface area contributed by atoms with E-state index in [0.717, 1.165) is 6.42 Å². The number of hydrogen-bond acceptors (Lipinski definition) is 1. The van der Waals surface area contributed by atoms with Crippen LogP contribution in [0.5, 0.6) is 0 Å². The lowest BCUT2D eigenvalue weighted by atomic mass is 10.2. The van der Waals surface area contributed by atoms with Gasteiger partial charge in [-0.1, -0.05) is 24.3 Å².